The van der Waals surface area contributed by atoms with Crippen molar-refractivity contribution in [2.75, 3.05) is 0 Å². The maximum Gasteiger partial charge on any atom is 0.573 e. The summed E-state index contributed by atoms with van der Waals surface area (Å²) in [6.07, 6.45) is -4.70. The van der Waals surface area contributed by atoms with E-state index in [0.717, 1.165) is 12.1 Å². The molecule has 4 nitrogen and oxygen atoms in total. The van der Waals surface area contributed by atoms with Crippen LogP contribution in [0.15, 0.2) is 29.4 Å². The van der Waals surface area contributed by atoms with Gasteiger partial charge in [-0.25, -0.2) is 0 Å². The number of hydrogen-bond acceptors (Lipinski definition) is 3. The Labute approximate surface area is 83.3 Å². The number of amidine groups is 1. The molecule has 82 valence electrons. The summed E-state index contributed by atoms with van der Waals surface area (Å²) in [5.41, 5.74) is 5.76. The molecule has 0 fully saturated rings. The van der Waals surface area contributed by atoms with Gasteiger partial charge in [-0.3, -0.25) is 0 Å². The average Bonchev–Trinajstić information content (AvgIpc) is 2.15. The SMILES string of the molecule is N/N=C(/N)c1ccc(OC(F)(F)F)cc1. The fourth-order valence-electron chi connectivity index (χ4n) is 0.902. The van der Waals surface area contributed by atoms with Crippen LogP contribution in [0.5, 0.6) is 5.75 Å². The molecule has 7 heteroatoms. The smallest absolute Gasteiger partial charge is 0.406 e. The van der Waals surface area contributed by atoms with Gasteiger partial charge in [-0.15, -0.1) is 13.2 Å². The molecule has 4 N–H and O–H groups in total. The van der Waals surface area contributed by atoms with E-state index in [-0.39, 0.29) is 11.6 Å². The van der Waals surface area contributed by atoms with E-state index in [1.807, 2.05) is 0 Å². The van der Waals surface area contributed by atoms with Crippen molar-refractivity contribution < 1.29 is 17.9 Å². The van der Waals surface area contributed by atoms with Crippen LogP contribution in [0, 0.1) is 0 Å². The van der Waals surface area contributed by atoms with Gasteiger partial charge in [0.1, 0.15) is 11.6 Å². The Kier molecular flexibility index (Phi) is 3.03. The molecule has 0 saturated heterocycles. The molecule has 0 bridgehead atoms. The number of nitrogens with zero attached hydrogens (tertiary/aromatic N) is 1. The number of hydrazone groups is 1. The minimum Gasteiger partial charge on any atom is -0.406 e. The third-order valence-corrected chi connectivity index (χ3v) is 1.52. The molecule has 0 atom stereocenters. The van der Waals surface area contributed by atoms with Crippen LogP contribution in [0.4, 0.5) is 13.2 Å². The molecule has 0 unspecified atom stereocenters. The van der Waals surface area contributed by atoms with Crippen molar-refractivity contribution in [1.29, 1.82) is 0 Å². The summed E-state index contributed by atoms with van der Waals surface area (Å²) in [6.45, 7) is 0. The van der Waals surface area contributed by atoms with Crippen molar-refractivity contribution in [1.82, 2.24) is 0 Å². The zero-order valence-electron chi connectivity index (χ0n) is 7.45. The van der Waals surface area contributed by atoms with Gasteiger partial charge in [-0.2, -0.15) is 5.10 Å². The number of alkyl halides is 3. The van der Waals surface area contributed by atoms with Gasteiger partial charge in [0.15, 0.2) is 0 Å². The molecule has 0 aromatic heterocycles. The highest BCUT2D eigenvalue weighted by Gasteiger charge is 2.30. The molecule has 0 radical (unpaired) electrons. The quantitative estimate of drug-likeness (QED) is 0.339. The minimum atomic E-state index is -4.70. The summed E-state index contributed by atoms with van der Waals surface area (Å²) in [5, 5.41) is 3.19. The summed E-state index contributed by atoms with van der Waals surface area (Å²) in [7, 11) is 0. The number of benzene rings is 1. The van der Waals surface area contributed by atoms with Crippen LogP contribution < -0.4 is 16.3 Å². The summed E-state index contributed by atoms with van der Waals surface area (Å²) in [6, 6.07) is 4.90. The predicted molar refractivity (Wildman–Crippen MR) is 48.0 cm³/mol. The Balaban J connectivity index is 2.82. The van der Waals surface area contributed by atoms with Gasteiger partial charge in [0.25, 0.3) is 0 Å². The fourth-order valence-corrected chi connectivity index (χ4v) is 0.902. The first-order valence-electron chi connectivity index (χ1n) is 3.82. The van der Waals surface area contributed by atoms with Gasteiger partial charge in [0.2, 0.25) is 0 Å². The van der Waals surface area contributed by atoms with Crippen molar-refractivity contribution in [2.45, 2.75) is 6.36 Å². The van der Waals surface area contributed by atoms with Crippen LogP contribution >= 0.6 is 0 Å². The number of halogens is 3. The molecule has 15 heavy (non-hydrogen) atoms. The van der Waals surface area contributed by atoms with Gasteiger partial charge in [-0.05, 0) is 24.3 Å². The van der Waals surface area contributed by atoms with Gasteiger partial charge < -0.3 is 16.3 Å². The van der Waals surface area contributed by atoms with Crippen molar-refractivity contribution in [3.63, 3.8) is 0 Å². The van der Waals surface area contributed by atoms with Gasteiger partial charge in [0, 0.05) is 5.56 Å². The molecule has 0 aliphatic heterocycles. The average molecular weight is 219 g/mol. The Morgan fingerprint density at radius 2 is 1.73 bits per heavy atom. The lowest BCUT2D eigenvalue weighted by atomic mass is 10.2. The first-order chi connectivity index (χ1) is 6.92. The van der Waals surface area contributed by atoms with Crippen LogP contribution in [0.25, 0.3) is 0 Å². The van der Waals surface area contributed by atoms with E-state index >= 15 is 0 Å². The number of ether oxygens (including phenoxy) is 1. The zero-order valence-corrected chi connectivity index (χ0v) is 7.45. The molecule has 0 amide bonds. The summed E-state index contributed by atoms with van der Waals surface area (Å²) < 4.78 is 39.0. The molecule has 0 saturated carbocycles. The van der Waals surface area contributed by atoms with Crippen molar-refractivity contribution >= 4 is 5.84 Å². The van der Waals surface area contributed by atoms with Crippen LogP contribution in [0.1, 0.15) is 5.56 Å². The Morgan fingerprint density at radius 3 is 2.13 bits per heavy atom. The van der Waals surface area contributed by atoms with E-state index in [0.29, 0.717) is 5.56 Å². The van der Waals surface area contributed by atoms with Crippen LogP contribution in [-0.4, -0.2) is 12.2 Å². The van der Waals surface area contributed by atoms with Crippen molar-refractivity contribution in [3.8, 4) is 5.75 Å². The van der Waals surface area contributed by atoms with E-state index in [4.69, 9.17) is 11.6 Å². The highest BCUT2D eigenvalue weighted by atomic mass is 19.4. The fraction of sp³-hybridized carbons (Fsp3) is 0.125. The minimum absolute atomic E-state index is 0.0357. The molecule has 0 heterocycles. The lowest BCUT2D eigenvalue weighted by Gasteiger charge is -2.08. The first-order valence-corrected chi connectivity index (χ1v) is 3.82. The molecular weight excluding hydrogens is 211 g/mol. The second-order valence-electron chi connectivity index (χ2n) is 2.59. The predicted octanol–water partition coefficient (Wildman–Crippen LogP) is 1.16. The third-order valence-electron chi connectivity index (χ3n) is 1.52. The third kappa shape index (κ3) is 3.37. The Hall–Kier alpha value is -1.92. The maximum atomic E-state index is 11.8. The van der Waals surface area contributed by atoms with Crippen LogP contribution in [0.2, 0.25) is 0 Å². The van der Waals surface area contributed by atoms with Crippen LogP contribution in [-0.2, 0) is 0 Å². The summed E-state index contributed by atoms with van der Waals surface area (Å²) in [5.74, 6) is 4.61. The zero-order chi connectivity index (χ0) is 11.5. The normalized spacial score (nSPS) is 12.6. The van der Waals surface area contributed by atoms with E-state index in [1.54, 1.807) is 0 Å². The monoisotopic (exact) mass is 219 g/mol. The van der Waals surface area contributed by atoms with E-state index in [2.05, 4.69) is 9.84 Å². The Bertz CT molecular complexity index is 358. The molecular formula is C8H8F3N3O. The lowest BCUT2D eigenvalue weighted by Crippen LogP contribution is -2.18. The van der Waals surface area contributed by atoms with Gasteiger partial charge in [0.05, 0.1) is 0 Å². The maximum absolute atomic E-state index is 11.8. The highest BCUT2D eigenvalue weighted by molar-refractivity contribution is 5.97. The van der Waals surface area contributed by atoms with Gasteiger partial charge >= 0.3 is 6.36 Å². The molecule has 1 aromatic carbocycles. The second kappa shape index (κ2) is 4.07. The molecule has 1 aromatic rings. The second-order valence-corrected chi connectivity index (χ2v) is 2.59. The molecule has 0 aliphatic carbocycles. The Morgan fingerprint density at radius 1 is 1.20 bits per heavy atom. The van der Waals surface area contributed by atoms with E-state index in [1.165, 1.54) is 12.1 Å². The number of nitrogens with two attached hydrogens (primary N) is 2. The highest BCUT2D eigenvalue weighted by Crippen LogP contribution is 2.22. The summed E-state index contributed by atoms with van der Waals surface area (Å²) >= 11 is 0. The van der Waals surface area contributed by atoms with Crippen molar-refractivity contribution in [2.24, 2.45) is 16.7 Å². The standard InChI is InChI=1S/C8H8F3N3O/c9-8(10,11)15-6-3-1-5(2-4-6)7(12)14-13/h1-4H,13H2,(H2,12,14). The molecule has 0 aliphatic rings. The number of hydrogen-bond donors (Lipinski definition) is 2. The summed E-state index contributed by atoms with van der Waals surface area (Å²) in [4.78, 5) is 0. The number of rotatable bonds is 2. The van der Waals surface area contributed by atoms with Crippen molar-refractivity contribution in [3.05, 3.63) is 29.8 Å². The van der Waals surface area contributed by atoms with E-state index in [9.17, 15) is 13.2 Å². The lowest BCUT2D eigenvalue weighted by molar-refractivity contribution is -0.274. The topological polar surface area (TPSA) is 73.6 Å². The van der Waals surface area contributed by atoms with Gasteiger partial charge in [-0.1, -0.05) is 0 Å². The molecule has 0 spiro atoms. The first kappa shape index (κ1) is 11.2. The molecule has 1 rings (SSSR count). The van der Waals surface area contributed by atoms with E-state index < -0.39 is 6.36 Å². The largest absolute Gasteiger partial charge is 0.573 e. The van der Waals surface area contributed by atoms with Crippen LogP contribution in [0.3, 0.4) is 0 Å².